The van der Waals surface area contributed by atoms with Gasteiger partial charge in [-0.1, -0.05) is 7.92 Å². The first kappa shape index (κ1) is 9.34. The summed E-state index contributed by atoms with van der Waals surface area (Å²) in [6.45, 7) is 4.38. The Morgan fingerprint density at radius 1 is 1.33 bits per heavy atom. The summed E-state index contributed by atoms with van der Waals surface area (Å²) in [5.41, 5.74) is 6.67. The molecule has 0 radical (unpaired) electrons. The third-order valence-electron chi connectivity index (χ3n) is 1.72. The molecule has 2 N–H and O–H groups in total. The molecule has 0 aliphatic carbocycles. The van der Waals surface area contributed by atoms with Gasteiger partial charge in [-0.15, -0.1) is 0 Å². The van der Waals surface area contributed by atoms with E-state index in [2.05, 4.69) is 13.3 Å². The van der Waals surface area contributed by atoms with Gasteiger partial charge in [-0.3, -0.25) is 0 Å². The summed E-state index contributed by atoms with van der Waals surface area (Å²) in [7, 11) is 1.53. The SMILES string of the molecule is COc1ccc(P(C)C)c(N)c1. The van der Waals surface area contributed by atoms with Crippen LogP contribution in [0.2, 0.25) is 0 Å². The lowest BCUT2D eigenvalue weighted by atomic mass is 10.3. The van der Waals surface area contributed by atoms with Crippen molar-refractivity contribution >= 4 is 18.9 Å². The molecule has 0 aromatic heterocycles. The second-order valence-electron chi connectivity index (χ2n) is 2.82. The van der Waals surface area contributed by atoms with Gasteiger partial charge in [0, 0.05) is 11.8 Å². The van der Waals surface area contributed by atoms with E-state index in [0.717, 1.165) is 11.4 Å². The number of benzene rings is 1. The fourth-order valence-electron chi connectivity index (χ4n) is 1.07. The van der Waals surface area contributed by atoms with Crippen LogP contribution < -0.4 is 15.8 Å². The Kier molecular flexibility index (Phi) is 2.93. The fraction of sp³-hybridized carbons (Fsp3) is 0.333. The Morgan fingerprint density at radius 3 is 2.42 bits per heavy atom. The molecule has 0 amide bonds. The summed E-state index contributed by atoms with van der Waals surface area (Å²) in [5, 5.41) is 1.24. The van der Waals surface area contributed by atoms with Gasteiger partial charge in [0.05, 0.1) is 7.11 Å². The lowest BCUT2D eigenvalue weighted by molar-refractivity contribution is 0.415. The molecule has 1 aromatic rings. The van der Waals surface area contributed by atoms with Gasteiger partial charge in [0.1, 0.15) is 5.75 Å². The van der Waals surface area contributed by atoms with Crippen LogP contribution in [0.25, 0.3) is 0 Å². The number of nitrogens with two attached hydrogens (primary N) is 1. The van der Waals surface area contributed by atoms with Crippen molar-refractivity contribution in [2.75, 3.05) is 26.2 Å². The van der Waals surface area contributed by atoms with Crippen molar-refractivity contribution in [1.82, 2.24) is 0 Å². The van der Waals surface area contributed by atoms with E-state index < -0.39 is 0 Å². The van der Waals surface area contributed by atoms with E-state index in [1.54, 1.807) is 7.11 Å². The molecule has 0 atom stereocenters. The van der Waals surface area contributed by atoms with Crippen LogP contribution in [0, 0.1) is 0 Å². The molecule has 0 aliphatic heterocycles. The zero-order chi connectivity index (χ0) is 9.14. The molecule has 1 rings (SSSR count). The van der Waals surface area contributed by atoms with Crippen LogP contribution in [0.4, 0.5) is 5.69 Å². The van der Waals surface area contributed by atoms with Crippen LogP contribution in [0.15, 0.2) is 18.2 Å². The average molecular weight is 183 g/mol. The summed E-state index contributed by atoms with van der Waals surface area (Å²) < 4.78 is 5.06. The Morgan fingerprint density at radius 2 is 2.00 bits per heavy atom. The molecule has 0 aliphatic rings. The van der Waals surface area contributed by atoms with Gasteiger partial charge < -0.3 is 10.5 Å². The molecule has 0 bridgehead atoms. The number of nitrogen functional groups attached to an aromatic ring is 1. The number of rotatable bonds is 2. The molecule has 0 unspecified atom stereocenters. The first-order chi connectivity index (χ1) is 5.65. The zero-order valence-corrected chi connectivity index (χ0v) is 8.56. The molecule has 0 spiro atoms. The van der Waals surface area contributed by atoms with Crippen LogP contribution in [0.5, 0.6) is 5.75 Å². The fourth-order valence-corrected chi connectivity index (χ4v) is 2.02. The van der Waals surface area contributed by atoms with Crippen molar-refractivity contribution in [3.05, 3.63) is 18.2 Å². The highest BCUT2D eigenvalue weighted by Crippen LogP contribution is 2.28. The summed E-state index contributed by atoms with van der Waals surface area (Å²) in [4.78, 5) is 0. The number of ether oxygens (including phenoxy) is 1. The van der Waals surface area contributed by atoms with Gasteiger partial charge in [0.15, 0.2) is 0 Å². The lowest BCUT2D eigenvalue weighted by Gasteiger charge is -2.10. The van der Waals surface area contributed by atoms with E-state index in [1.165, 1.54) is 5.30 Å². The molecule has 0 fully saturated rings. The second-order valence-corrected chi connectivity index (χ2v) is 5.09. The second kappa shape index (κ2) is 3.77. The number of hydrogen-bond donors (Lipinski definition) is 1. The molecule has 12 heavy (non-hydrogen) atoms. The van der Waals surface area contributed by atoms with E-state index in [-0.39, 0.29) is 7.92 Å². The summed E-state index contributed by atoms with van der Waals surface area (Å²) in [6.07, 6.45) is 0. The largest absolute Gasteiger partial charge is 0.497 e. The Labute approximate surface area is 74.5 Å². The summed E-state index contributed by atoms with van der Waals surface area (Å²) >= 11 is 0. The highest BCUT2D eigenvalue weighted by molar-refractivity contribution is 7.64. The molecule has 0 saturated heterocycles. The molecule has 1 aromatic carbocycles. The lowest BCUT2D eigenvalue weighted by Crippen LogP contribution is -2.06. The molecular weight excluding hydrogens is 169 g/mol. The van der Waals surface area contributed by atoms with Crippen LogP contribution in [0.3, 0.4) is 0 Å². The first-order valence-corrected chi connectivity index (χ1v) is 5.99. The Bertz CT molecular complexity index is 273. The van der Waals surface area contributed by atoms with Crippen molar-refractivity contribution in [3.63, 3.8) is 0 Å². The third-order valence-corrected chi connectivity index (χ3v) is 3.09. The van der Waals surface area contributed by atoms with Crippen molar-refractivity contribution in [2.24, 2.45) is 0 Å². The maximum Gasteiger partial charge on any atom is 0.120 e. The van der Waals surface area contributed by atoms with E-state index in [1.807, 2.05) is 18.2 Å². The summed E-state index contributed by atoms with van der Waals surface area (Å²) in [6, 6.07) is 5.87. The van der Waals surface area contributed by atoms with Crippen LogP contribution in [-0.2, 0) is 0 Å². The quantitative estimate of drug-likeness (QED) is 0.558. The maximum absolute atomic E-state index is 5.83. The van der Waals surface area contributed by atoms with Crippen molar-refractivity contribution in [2.45, 2.75) is 0 Å². The number of methoxy groups -OCH3 is 1. The zero-order valence-electron chi connectivity index (χ0n) is 7.66. The standard InChI is InChI=1S/C9H14NOP/c1-11-7-4-5-9(12(2)3)8(10)6-7/h4-6H,10H2,1-3H3. The minimum atomic E-state index is -0.114. The monoisotopic (exact) mass is 183 g/mol. The van der Waals surface area contributed by atoms with Crippen LogP contribution >= 0.6 is 7.92 Å². The highest BCUT2D eigenvalue weighted by Gasteiger charge is 2.03. The Hall–Kier alpha value is -0.750. The highest BCUT2D eigenvalue weighted by atomic mass is 31.1. The van der Waals surface area contributed by atoms with Gasteiger partial charge in [-0.2, -0.15) is 0 Å². The van der Waals surface area contributed by atoms with Gasteiger partial charge in [-0.05, 0) is 30.8 Å². The number of hydrogen-bond acceptors (Lipinski definition) is 2. The maximum atomic E-state index is 5.83. The van der Waals surface area contributed by atoms with Gasteiger partial charge in [-0.25, -0.2) is 0 Å². The predicted molar refractivity (Wildman–Crippen MR) is 55.8 cm³/mol. The van der Waals surface area contributed by atoms with Gasteiger partial charge >= 0.3 is 0 Å². The molecule has 3 heteroatoms. The molecule has 2 nitrogen and oxygen atoms in total. The average Bonchev–Trinajstić information content (AvgIpc) is 2.03. The molecule has 0 saturated carbocycles. The molecule has 0 heterocycles. The van der Waals surface area contributed by atoms with E-state index in [9.17, 15) is 0 Å². The first-order valence-electron chi connectivity index (χ1n) is 3.76. The van der Waals surface area contributed by atoms with Gasteiger partial charge in [0.2, 0.25) is 0 Å². The topological polar surface area (TPSA) is 35.2 Å². The van der Waals surface area contributed by atoms with Crippen molar-refractivity contribution in [1.29, 1.82) is 0 Å². The normalized spacial score (nSPS) is 10.3. The predicted octanol–water partition coefficient (Wildman–Crippen LogP) is 1.64. The van der Waals surface area contributed by atoms with Gasteiger partial charge in [0.25, 0.3) is 0 Å². The van der Waals surface area contributed by atoms with E-state index >= 15 is 0 Å². The molecule has 66 valence electrons. The summed E-state index contributed by atoms with van der Waals surface area (Å²) in [5.74, 6) is 0.827. The third kappa shape index (κ3) is 1.89. The van der Waals surface area contributed by atoms with Crippen LogP contribution in [-0.4, -0.2) is 20.4 Å². The minimum Gasteiger partial charge on any atom is -0.497 e. The van der Waals surface area contributed by atoms with Crippen molar-refractivity contribution < 1.29 is 4.74 Å². The Balaban J connectivity index is 3.03. The van der Waals surface area contributed by atoms with Crippen LogP contribution in [0.1, 0.15) is 0 Å². The minimum absolute atomic E-state index is 0.114. The van der Waals surface area contributed by atoms with E-state index in [4.69, 9.17) is 10.5 Å². The van der Waals surface area contributed by atoms with E-state index in [0.29, 0.717) is 0 Å². The smallest absolute Gasteiger partial charge is 0.120 e. The molecular formula is C9H14NOP. The van der Waals surface area contributed by atoms with Crippen molar-refractivity contribution in [3.8, 4) is 5.75 Å². The number of anilines is 1.